The number of nitriles is 1. The zero-order chi connectivity index (χ0) is 12.3. The highest BCUT2D eigenvalue weighted by molar-refractivity contribution is 5.29. The number of rotatable bonds is 3. The van der Waals surface area contributed by atoms with Crippen molar-refractivity contribution in [2.24, 2.45) is 0 Å². The summed E-state index contributed by atoms with van der Waals surface area (Å²) in [6.45, 7) is 2.48. The van der Waals surface area contributed by atoms with Crippen molar-refractivity contribution in [3.63, 3.8) is 0 Å². The molecule has 4 heteroatoms. The van der Waals surface area contributed by atoms with Gasteiger partial charge in [-0.15, -0.1) is 0 Å². The fourth-order valence-electron chi connectivity index (χ4n) is 1.66. The third kappa shape index (κ3) is 2.45. The van der Waals surface area contributed by atoms with Crippen molar-refractivity contribution >= 4 is 0 Å². The van der Waals surface area contributed by atoms with Gasteiger partial charge in [-0.3, -0.25) is 4.68 Å². The Hall–Kier alpha value is -2.28. The molecule has 17 heavy (non-hydrogen) atoms. The maximum absolute atomic E-state index is 8.96. The van der Waals surface area contributed by atoms with Crippen LogP contribution in [0.4, 0.5) is 0 Å². The quantitative estimate of drug-likeness (QED) is 0.807. The molecular weight excluding hydrogens is 214 g/mol. The highest BCUT2D eigenvalue weighted by Gasteiger charge is 2.05. The second-order valence-electron chi connectivity index (χ2n) is 3.79. The molecule has 0 unspecified atom stereocenters. The number of hydrogen-bond acceptors (Lipinski definition) is 3. The number of ether oxygens (including phenoxy) is 1. The van der Waals surface area contributed by atoms with E-state index in [0.717, 1.165) is 17.0 Å². The van der Waals surface area contributed by atoms with Crippen LogP contribution in [0.2, 0.25) is 0 Å². The molecule has 2 rings (SSSR count). The van der Waals surface area contributed by atoms with Crippen LogP contribution in [0.3, 0.4) is 0 Å². The van der Waals surface area contributed by atoms with Gasteiger partial charge in [0, 0.05) is 0 Å². The summed E-state index contributed by atoms with van der Waals surface area (Å²) in [6, 6.07) is 11.7. The normalized spacial score (nSPS) is 9.94. The van der Waals surface area contributed by atoms with E-state index in [9.17, 15) is 0 Å². The Bertz CT molecular complexity index is 549. The highest BCUT2D eigenvalue weighted by atomic mass is 16.5. The summed E-state index contributed by atoms with van der Waals surface area (Å²) in [5.74, 6) is 0.825. The van der Waals surface area contributed by atoms with E-state index < -0.39 is 0 Å². The molecule has 0 atom stereocenters. The zero-order valence-electron chi connectivity index (χ0n) is 9.84. The zero-order valence-corrected chi connectivity index (χ0v) is 9.84. The molecular formula is C13H13N3O. The van der Waals surface area contributed by atoms with Gasteiger partial charge in [-0.25, -0.2) is 0 Å². The minimum absolute atomic E-state index is 0.582. The van der Waals surface area contributed by atoms with Crippen LogP contribution in [-0.4, -0.2) is 16.9 Å². The SMILES string of the molecule is COc1ccc(Cn2nc(C)cc2C#N)cc1. The Labute approximate surface area is 100 Å². The average molecular weight is 227 g/mol. The predicted molar refractivity (Wildman–Crippen MR) is 63.8 cm³/mol. The summed E-state index contributed by atoms with van der Waals surface area (Å²) in [7, 11) is 1.64. The van der Waals surface area contributed by atoms with E-state index in [1.54, 1.807) is 17.9 Å². The first kappa shape index (κ1) is 11.2. The van der Waals surface area contributed by atoms with Crippen LogP contribution in [-0.2, 0) is 6.54 Å². The molecule has 0 amide bonds. The Morgan fingerprint density at radius 2 is 2.06 bits per heavy atom. The Balaban J connectivity index is 2.22. The lowest BCUT2D eigenvalue weighted by atomic mass is 10.2. The van der Waals surface area contributed by atoms with Crippen LogP contribution in [0, 0.1) is 18.3 Å². The van der Waals surface area contributed by atoms with Crippen LogP contribution in [0.25, 0.3) is 0 Å². The van der Waals surface area contributed by atoms with Gasteiger partial charge in [0.1, 0.15) is 17.5 Å². The van der Waals surface area contributed by atoms with Crippen LogP contribution in [0.5, 0.6) is 5.75 Å². The molecule has 0 bridgehead atoms. The van der Waals surface area contributed by atoms with Crippen LogP contribution in [0.15, 0.2) is 30.3 Å². The summed E-state index contributed by atoms with van der Waals surface area (Å²) in [5, 5.41) is 13.2. The Morgan fingerprint density at radius 3 is 2.65 bits per heavy atom. The molecule has 0 aliphatic rings. The first-order chi connectivity index (χ1) is 8.22. The van der Waals surface area contributed by atoms with Crippen molar-refractivity contribution in [2.45, 2.75) is 13.5 Å². The van der Waals surface area contributed by atoms with Crippen molar-refractivity contribution < 1.29 is 4.74 Å². The van der Waals surface area contributed by atoms with Gasteiger partial charge < -0.3 is 4.74 Å². The lowest BCUT2D eigenvalue weighted by Gasteiger charge is -2.04. The van der Waals surface area contributed by atoms with Gasteiger partial charge in [0.05, 0.1) is 19.3 Å². The van der Waals surface area contributed by atoms with Crippen molar-refractivity contribution in [3.05, 3.63) is 47.3 Å². The summed E-state index contributed by atoms with van der Waals surface area (Å²) < 4.78 is 6.80. The van der Waals surface area contributed by atoms with Crippen LogP contribution < -0.4 is 4.74 Å². The molecule has 1 aromatic carbocycles. The first-order valence-electron chi connectivity index (χ1n) is 5.30. The van der Waals surface area contributed by atoms with Crippen molar-refractivity contribution in [1.29, 1.82) is 5.26 Å². The molecule has 0 radical (unpaired) electrons. The maximum Gasteiger partial charge on any atom is 0.139 e. The molecule has 0 spiro atoms. The molecule has 1 aromatic heterocycles. The standard InChI is InChI=1S/C13H13N3O/c1-10-7-12(8-14)16(15-10)9-11-3-5-13(17-2)6-4-11/h3-7H,9H2,1-2H3. The average Bonchev–Trinajstić information content (AvgIpc) is 2.70. The summed E-state index contributed by atoms with van der Waals surface area (Å²) in [5.41, 5.74) is 2.53. The molecule has 0 N–H and O–H groups in total. The van der Waals surface area contributed by atoms with Crippen molar-refractivity contribution in [1.82, 2.24) is 9.78 Å². The van der Waals surface area contributed by atoms with Gasteiger partial charge in [0.25, 0.3) is 0 Å². The summed E-state index contributed by atoms with van der Waals surface area (Å²) in [4.78, 5) is 0. The van der Waals surface area contributed by atoms with E-state index in [0.29, 0.717) is 12.2 Å². The van der Waals surface area contributed by atoms with Gasteiger partial charge >= 0.3 is 0 Å². The third-order valence-corrected chi connectivity index (χ3v) is 2.51. The van der Waals surface area contributed by atoms with Gasteiger partial charge in [0.2, 0.25) is 0 Å². The summed E-state index contributed by atoms with van der Waals surface area (Å²) in [6.07, 6.45) is 0. The van der Waals surface area contributed by atoms with Crippen molar-refractivity contribution in [3.8, 4) is 11.8 Å². The van der Waals surface area contributed by atoms with E-state index in [4.69, 9.17) is 10.00 Å². The number of methoxy groups -OCH3 is 1. The minimum atomic E-state index is 0.582. The largest absolute Gasteiger partial charge is 0.497 e. The number of nitrogens with zero attached hydrogens (tertiary/aromatic N) is 3. The van der Waals surface area contributed by atoms with Gasteiger partial charge in [-0.2, -0.15) is 10.4 Å². The molecule has 1 heterocycles. The monoisotopic (exact) mass is 227 g/mol. The van der Waals surface area contributed by atoms with Crippen molar-refractivity contribution in [2.75, 3.05) is 7.11 Å². The highest BCUT2D eigenvalue weighted by Crippen LogP contribution is 2.13. The Morgan fingerprint density at radius 1 is 1.35 bits per heavy atom. The third-order valence-electron chi connectivity index (χ3n) is 2.51. The fourth-order valence-corrected chi connectivity index (χ4v) is 1.66. The number of aromatic nitrogens is 2. The molecule has 0 aliphatic carbocycles. The number of hydrogen-bond donors (Lipinski definition) is 0. The molecule has 0 saturated carbocycles. The van der Waals surface area contributed by atoms with Crippen LogP contribution >= 0.6 is 0 Å². The number of benzene rings is 1. The molecule has 86 valence electrons. The van der Waals surface area contributed by atoms with E-state index in [-0.39, 0.29) is 0 Å². The smallest absolute Gasteiger partial charge is 0.139 e. The van der Waals surface area contributed by atoms with E-state index in [1.165, 1.54) is 0 Å². The maximum atomic E-state index is 8.96. The first-order valence-corrected chi connectivity index (χ1v) is 5.30. The molecule has 4 nitrogen and oxygen atoms in total. The van der Waals surface area contributed by atoms with E-state index >= 15 is 0 Å². The second kappa shape index (κ2) is 4.71. The van der Waals surface area contributed by atoms with Gasteiger partial charge in [-0.05, 0) is 30.7 Å². The fraction of sp³-hybridized carbons (Fsp3) is 0.231. The second-order valence-corrected chi connectivity index (χ2v) is 3.79. The predicted octanol–water partition coefficient (Wildman–Crippen LogP) is 2.12. The minimum Gasteiger partial charge on any atom is -0.497 e. The topological polar surface area (TPSA) is 50.8 Å². The number of aryl methyl sites for hydroxylation is 1. The molecule has 0 aliphatic heterocycles. The Kier molecular flexibility index (Phi) is 3.10. The van der Waals surface area contributed by atoms with E-state index in [1.807, 2.05) is 31.2 Å². The van der Waals surface area contributed by atoms with Crippen LogP contribution in [0.1, 0.15) is 17.0 Å². The van der Waals surface area contributed by atoms with E-state index in [2.05, 4.69) is 11.2 Å². The lowest BCUT2D eigenvalue weighted by molar-refractivity contribution is 0.414. The lowest BCUT2D eigenvalue weighted by Crippen LogP contribution is -2.04. The molecule has 0 saturated heterocycles. The molecule has 0 fully saturated rings. The summed E-state index contributed by atoms with van der Waals surface area (Å²) >= 11 is 0. The van der Waals surface area contributed by atoms with Gasteiger partial charge in [0.15, 0.2) is 0 Å². The molecule has 2 aromatic rings. The van der Waals surface area contributed by atoms with Gasteiger partial charge in [-0.1, -0.05) is 12.1 Å².